The van der Waals surface area contributed by atoms with E-state index in [1.54, 1.807) is 19.1 Å². The summed E-state index contributed by atoms with van der Waals surface area (Å²) in [6, 6.07) is 6.37. The molecule has 0 bridgehead atoms. The van der Waals surface area contributed by atoms with Gasteiger partial charge < -0.3 is 10.4 Å². The molecule has 3 rings (SSSR count). The highest BCUT2D eigenvalue weighted by atomic mass is 32.1. The van der Waals surface area contributed by atoms with Crippen LogP contribution in [-0.2, 0) is 0 Å². The number of benzene rings is 1. The molecule has 0 saturated heterocycles. The lowest BCUT2D eigenvalue weighted by Gasteiger charge is -2.11. The highest BCUT2D eigenvalue weighted by Gasteiger charge is 2.14. The van der Waals surface area contributed by atoms with Crippen LogP contribution in [0.2, 0.25) is 0 Å². The van der Waals surface area contributed by atoms with Crippen LogP contribution in [0.4, 0.5) is 10.2 Å². The van der Waals surface area contributed by atoms with Crippen molar-refractivity contribution in [1.29, 1.82) is 0 Å². The molecule has 2 heterocycles. The van der Waals surface area contributed by atoms with Gasteiger partial charge in [-0.15, -0.1) is 11.3 Å². The van der Waals surface area contributed by atoms with Gasteiger partial charge in [-0.1, -0.05) is 12.1 Å². The van der Waals surface area contributed by atoms with E-state index < -0.39 is 6.10 Å². The Morgan fingerprint density at radius 3 is 2.68 bits per heavy atom. The second-order valence-electron chi connectivity index (χ2n) is 5.19. The third kappa shape index (κ3) is 2.93. The van der Waals surface area contributed by atoms with Gasteiger partial charge in [0.2, 0.25) is 0 Å². The van der Waals surface area contributed by atoms with Crippen molar-refractivity contribution in [2.24, 2.45) is 0 Å². The predicted molar refractivity (Wildman–Crippen MR) is 87.7 cm³/mol. The Bertz CT molecular complexity index is 799. The van der Waals surface area contributed by atoms with Crippen molar-refractivity contribution in [2.45, 2.75) is 20.0 Å². The van der Waals surface area contributed by atoms with E-state index in [9.17, 15) is 9.50 Å². The minimum absolute atomic E-state index is 0.261. The van der Waals surface area contributed by atoms with Gasteiger partial charge in [-0.3, -0.25) is 0 Å². The van der Waals surface area contributed by atoms with E-state index in [0.29, 0.717) is 18.2 Å². The van der Waals surface area contributed by atoms with E-state index >= 15 is 0 Å². The average molecular weight is 317 g/mol. The van der Waals surface area contributed by atoms with Gasteiger partial charge in [-0.2, -0.15) is 0 Å². The molecule has 1 aromatic carbocycles. The first-order chi connectivity index (χ1) is 10.5. The van der Waals surface area contributed by atoms with Gasteiger partial charge in [-0.25, -0.2) is 14.4 Å². The quantitative estimate of drug-likeness (QED) is 0.772. The first-order valence-electron chi connectivity index (χ1n) is 6.98. The lowest BCUT2D eigenvalue weighted by Crippen LogP contribution is -2.16. The van der Waals surface area contributed by atoms with Crippen molar-refractivity contribution in [3.63, 3.8) is 0 Å². The Kier molecular flexibility index (Phi) is 4.04. The number of rotatable bonds is 4. The summed E-state index contributed by atoms with van der Waals surface area (Å²) in [7, 11) is 0. The Labute approximate surface area is 131 Å². The monoisotopic (exact) mass is 317 g/mol. The molecule has 114 valence electrons. The molecule has 0 aliphatic carbocycles. The van der Waals surface area contributed by atoms with Gasteiger partial charge in [0.1, 0.15) is 22.3 Å². The average Bonchev–Trinajstić information content (AvgIpc) is 2.89. The van der Waals surface area contributed by atoms with E-state index in [4.69, 9.17) is 0 Å². The minimum atomic E-state index is -0.474. The van der Waals surface area contributed by atoms with E-state index in [1.165, 1.54) is 23.5 Å². The van der Waals surface area contributed by atoms with Crippen molar-refractivity contribution < 1.29 is 9.50 Å². The van der Waals surface area contributed by atoms with Gasteiger partial charge in [0.15, 0.2) is 0 Å². The number of hydrogen-bond acceptors (Lipinski definition) is 5. The molecule has 3 aromatic rings. The third-order valence-electron chi connectivity index (χ3n) is 3.27. The Hall–Kier alpha value is -2.05. The summed E-state index contributed by atoms with van der Waals surface area (Å²) < 4.78 is 13.1. The Morgan fingerprint density at radius 1 is 1.27 bits per heavy atom. The van der Waals surface area contributed by atoms with Gasteiger partial charge in [0.05, 0.1) is 11.5 Å². The summed E-state index contributed by atoms with van der Waals surface area (Å²) in [5.41, 5.74) is 1.88. The number of aliphatic hydroxyl groups excluding tert-OH is 1. The zero-order valence-electron chi connectivity index (χ0n) is 12.3. The summed E-state index contributed by atoms with van der Waals surface area (Å²) in [4.78, 5) is 9.78. The van der Waals surface area contributed by atoms with Crippen molar-refractivity contribution in [3.05, 3.63) is 41.3 Å². The van der Waals surface area contributed by atoms with Crippen molar-refractivity contribution in [2.75, 3.05) is 11.9 Å². The lowest BCUT2D eigenvalue weighted by atomic mass is 10.1. The van der Waals surface area contributed by atoms with Gasteiger partial charge in [0, 0.05) is 17.5 Å². The number of hydrogen-bond donors (Lipinski definition) is 2. The highest BCUT2D eigenvalue weighted by molar-refractivity contribution is 7.17. The lowest BCUT2D eigenvalue weighted by molar-refractivity contribution is 0.208. The SMILES string of the molecule is Cc1nc(NCC(C)O)c2c(-c3ccc(F)cc3)csc2n1. The second-order valence-corrected chi connectivity index (χ2v) is 6.04. The molecule has 0 radical (unpaired) electrons. The number of anilines is 1. The molecule has 1 unspecified atom stereocenters. The van der Waals surface area contributed by atoms with Crippen molar-refractivity contribution >= 4 is 27.4 Å². The first-order valence-corrected chi connectivity index (χ1v) is 7.86. The van der Waals surface area contributed by atoms with Crippen molar-refractivity contribution in [3.8, 4) is 11.1 Å². The highest BCUT2D eigenvalue weighted by Crippen LogP contribution is 2.36. The van der Waals surface area contributed by atoms with Crippen LogP contribution in [0.1, 0.15) is 12.7 Å². The van der Waals surface area contributed by atoms with E-state index in [2.05, 4.69) is 15.3 Å². The van der Waals surface area contributed by atoms with Crippen LogP contribution >= 0.6 is 11.3 Å². The zero-order chi connectivity index (χ0) is 15.7. The molecule has 22 heavy (non-hydrogen) atoms. The summed E-state index contributed by atoms with van der Waals surface area (Å²) in [5, 5.41) is 15.5. The molecule has 1 atom stereocenters. The van der Waals surface area contributed by atoms with E-state index in [-0.39, 0.29) is 5.82 Å². The fourth-order valence-electron chi connectivity index (χ4n) is 2.26. The largest absolute Gasteiger partial charge is 0.392 e. The van der Waals surface area contributed by atoms with Crippen LogP contribution in [-0.4, -0.2) is 27.7 Å². The second kappa shape index (κ2) is 5.98. The van der Waals surface area contributed by atoms with Crippen LogP contribution in [0.5, 0.6) is 0 Å². The van der Waals surface area contributed by atoms with Crippen LogP contribution in [0.25, 0.3) is 21.3 Å². The molecule has 0 amide bonds. The first kappa shape index (κ1) is 14.9. The Morgan fingerprint density at radius 2 is 2.00 bits per heavy atom. The molecule has 6 heteroatoms. The molecule has 0 spiro atoms. The van der Waals surface area contributed by atoms with E-state index in [1.807, 2.05) is 12.3 Å². The van der Waals surface area contributed by atoms with Crippen LogP contribution < -0.4 is 5.32 Å². The number of aliphatic hydroxyl groups is 1. The normalized spacial score (nSPS) is 12.5. The number of aromatic nitrogens is 2. The molecule has 0 fully saturated rings. The molecule has 0 aliphatic heterocycles. The molecular formula is C16H16FN3OS. The summed E-state index contributed by atoms with van der Waals surface area (Å²) >= 11 is 1.53. The molecule has 2 aromatic heterocycles. The smallest absolute Gasteiger partial charge is 0.139 e. The number of aryl methyl sites for hydroxylation is 1. The number of nitrogens with one attached hydrogen (secondary N) is 1. The maximum absolute atomic E-state index is 13.1. The molecular weight excluding hydrogens is 301 g/mol. The number of halogens is 1. The number of nitrogens with zero attached hydrogens (tertiary/aromatic N) is 2. The molecule has 0 saturated carbocycles. The molecule has 4 nitrogen and oxygen atoms in total. The zero-order valence-corrected chi connectivity index (χ0v) is 13.1. The predicted octanol–water partition coefficient (Wildman–Crippen LogP) is 3.60. The third-order valence-corrected chi connectivity index (χ3v) is 4.14. The molecule has 2 N–H and O–H groups in total. The number of fused-ring (bicyclic) bond motifs is 1. The molecule has 0 aliphatic rings. The maximum atomic E-state index is 13.1. The van der Waals surface area contributed by atoms with Gasteiger partial charge >= 0.3 is 0 Å². The van der Waals surface area contributed by atoms with Gasteiger partial charge in [0.25, 0.3) is 0 Å². The standard InChI is InChI=1S/C16H16FN3OS/c1-9(21)7-18-15-14-13(11-3-5-12(17)6-4-11)8-22-16(14)20-10(2)19-15/h3-6,8-9,21H,7H2,1-2H3,(H,18,19,20). The van der Waals surface area contributed by atoms with Crippen molar-refractivity contribution in [1.82, 2.24) is 9.97 Å². The summed E-state index contributed by atoms with van der Waals surface area (Å²) in [5.74, 6) is 1.11. The summed E-state index contributed by atoms with van der Waals surface area (Å²) in [6.07, 6.45) is -0.474. The number of thiophene rings is 1. The van der Waals surface area contributed by atoms with Gasteiger partial charge in [-0.05, 0) is 31.5 Å². The topological polar surface area (TPSA) is 58.0 Å². The Balaban J connectivity index is 2.13. The maximum Gasteiger partial charge on any atom is 0.139 e. The summed E-state index contributed by atoms with van der Waals surface area (Å²) in [6.45, 7) is 3.96. The fourth-order valence-corrected chi connectivity index (χ4v) is 3.26. The van der Waals surface area contributed by atoms with Crippen LogP contribution in [0.3, 0.4) is 0 Å². The minimum Gasteiger partial charge on any atom is -0.392 e. The van der Waals surface area contributed by atoms with Crippen LogP contribution in [0, 0.1) is 12.7 Å². The van der Waals surface area contributed by atoms with Crippen LogP contribution in [0.15, 0.2) is 29.6 Å². The fraction of sp³-hybridized carbons (Fsp3) is 0.250. The van der Waals surface area contributed by atoms with E-state index in [0.717, 1.165) is 21.3 Å².